The number of anilines is 1. The smallest absolute Gasteiger partial charge is 0.270 e. The van der Waals surface area contributed by atoms with Crippen LogP contribution in [-0.4, -0.2) is 17.3 Å². The van der Waals surface area contributed by atoms with Gasteiger partial charge in [-0.1, -0.05) is 30.3 Å². The maximum absolute atomic E-state index is 12.1. The van der Waals surface area contributed by atoms with E-state index in [1.807, 2.05) is 36.4 Å². The highest BCUT2D eigenvalue weighted by Crippen LogP contribution is 2.47. The van der Waals surface area contributed by atoms with Crippen molar-refractivity contribution in [1.29, 1.82) is 5.26 Å². The van der Waals surface area contributed by atoms with E-state index in [1.165, 1.54) is 0 Å². The molecular formula is C17H17N5O2. The molecule has 7 nitrogen and oxygen atoms in total. The number of pyridine rings is 1. The van der Waals surface area contributed by atoms with Crippen molar-refractivity contribution in [3.63, 3.8) is 0 Å². The van der Waals surface area contributed by atoms with Crippen LogP contribution in [0.25, 0.3) is 0 Å². The zero-order valence-corrected chi connectivity index (χ0v) is 13.0. The lowest BCUT2D eigenvalue weighted by molar-refractivity contribution is 0.0968. The van der Waals surface area contributed by atoms with E-state index in [9.17, 15) is 10.1 Å². The second-order valence-electron chi connectivity index (χ2n) is 6.18. The summed E-state index contributed by atoms with van der Waals surface area (Å²) in [5.74, 6) is 0.302. The molecule has 2 aliphatic rings. The van der Waals surface area contributed by atoms with Gasteiger partial charge in [-0.25, -0.2) is 5.43 Å². The third kappa shape index (κ3) is 2.01. The maximum atomic E-state index is 12.1. The number of H-pyrrole nitrogens is 1. The number of nitrogen functional groups attached to an aromatic ring is 1. The molecule has 4 rings (SSSR count). The third-order valence-electron chi connectivity index (χ3n) is 4.85. The summed E-state index contributed by atoms with van der Waals surface area (Å²) in [6.07, 6.45) is -0.291. The molecule has 2 aliphatic heterocycles. The van der Waals surface area contributed by atoms with E-state index < -0.39 is 5.56 Å². The first-order valence-corrected chi connectivity index (χ1v) is 7.80. The molecule has 1 aromatic heterocycles. The number of nitriles is 1. The Morgan fingerprint density at radius 3 is 2.71 bits per heavy atom. The number of ether oxygens (including phenoxy) is 1. The van der Waals surface area contributed by atoms with Gasteiger partial charge in [0.15, 0.2) is 6.23 Å². The molecule has 4 atom stereocenters. The Labute approximate surface area is 138 Å². The number of aromatic amines is 1. The molecular weight excluding hydrogens is 306 g/mol. The monoisotopic (exact) mass is 323 g/mol. The van der Waals surface area contributed by atoms with Crippen molar-refractivity contribution in [3.8, 4) is 11.9 Å². The summed E-state index contributed by atoms with van der Waals surface area (Å²) in [5, 5.41) is 9.28. The molecule has 0 radical (unpaired) electrons. The van der Waals surface area contributed by atoms with Gasteiger partial charge in [-0.05, 0) is 12.5 Å². The van der Waals surface area contributed by atoms with Crippen LogP contribution in [0.15, 0.2) is 35.1 Å². The number of nitrogens with zero attached hydrogens (tertiary/aromatic N) is 1. The van der Waals surface area contributed by atoms with Gasteiger partial charge in [-0.3, -0.25) is 15.2 Å². The molecule has 0 spiro atoms. The van der Waals surface area contributed by atoms with E-state index in [0.29, 0.717) is 11.4 Å². The zero-order valence-electron chi connectivity index (χ0n) is 13.0. The first-order valence-electron chi connectivity index (χ1n) is 7.80. The highest BCUT2D eigenvalue weighted by molar-refractivity contribution is 5.65. The largest absolute Gasteiger partial charge is 0.458 e. The van der Waals surface area contributed by atoms with Gasteiger partial charge in [0.25, 0.3) is 5.56 Å². The van der Waals surface area contributed by atoms with Gasteiger partial charge in [0.05, 0.1) is 5.69 Å². The summed E-state index contributed by atoms with van der Waals surface area (Å²) < 4.78 is 5.92. The highest BCUT2D eigenvalue weighted by Gasteiger charge is 2.47. The summed E-state index contributed by atoms with van der Waals surface area (Å²) in [7, 11) is 0. The number of hydrogen-bond donors (Lipinski definition) is 4. The van der Waals surface area contributed by atoms with Crippen LogP contribution in [0.1, 0.15) is 29.5 Å². The van der Waals surface area contributed by atoms with Gasteiger partial charge >= 0.3 is 0 Å². The molecule has 1 saturated heterocycles. The van der Waals surface area contributed by atoms with Gasteiger partial charge in [0.1, 0.15) is 11.6 Å². The first kappa shape index (κ1) is 14.8. The number of fused-ring (bicyclic) bond motifs is 2. The highest BCUT2D eigenvalue weighted by atomic mass is 16.5. The van der Waals surface area contributed by atoms with Gasteiger partial charge in [-0.2, -0.15) is 5.26 Å². The number of hydrogen-bond acceptors (Lipinski definition) is 6. The van der Waals surface area contributed by atoms with Crippen LogP contribution < -0.4 is 26.9 Å². The summed E-state index contributed by atoms with van der Waals surface area (Å²) in [4.78, 5) is 14.7. The molecule has 1 aromatic carbocycles. The molecule has 0 bridgehead atoms. The van der Waals surface area contributed by atoms with Gasteiger partial charge in [0.2, 0.25) is 5.88 Å². The van der Waals surface area contributed by atoms with Crippen LogP contribution in [0.3, 0.4) is 0 Å². The molecule has 24 heavy (non-hydrogen) atoms. The van der Waals surface area contributed by atoms with Crippen molar-refractivity contribution in [2.45, 2.75) is 25.1 Å². The van der Waals surface area contributed by atoms with Gasteiger partial charge in [0, 0.05) is 23.4 Å². The topological polar surface area (TPSA) is 116 Å². The predicted molar refractivity (Wildman–Crippen MR) is 88.1 cm³/mol. The number of nitrogens with two attached hydrogens (primary N) is 1. The minimum Gasteiger partial charge on any atom is -0.458 e. The van der Waals surface area contributed by atoms with Crippen molar-refractivity contribution in [2.75, 3.05) is 5.73 Å². The van der Waals surface area contributed by atoms with Crippen molar-refractivity contribution in [2.24, 2.45) is 5.92 Å². The van der Waals surface area contributed by atoms with Crippen LogP contribution >= 0.6 is 0 Å². The van der Waals surface area contributed by atoms with E-state index in [4.69, 9.17) is 10.5 Å². The van der Waals surface area contributed by atoms with E-state index in [-0.39, 0.29) is 35.4 Å². The molecule has 0 amide bonds. The molecule has 4 unspecified atom stereocenters. The van der Waals surface area contributed by atoms with Crippen LogP contribution in [-0.2, 0) is 0 Å². The normalized spacial score (nSPS) is 27.7. The fraction of sp³-hybridized carbons (Fsp3) is 0.294. The zero-order chi connectivity index (χ0) is 16.8. The Balaban J connectivity index is 2.00. The lowest BCUT2D eigenvalue weighted by Crippen LogP contribution is -2.43. The molecule has 7 heteroatoms. The second kappa shape index (κ2) is 5.37. The summed E-state index contributed by atoms with van der Waals surface area (Å²) in [5.41, 5.74) is 13.9. The van der Waals surface area contributed by atoms with Crippen LogP contribution in [0.2, 0.25) is 0 Å². The number of nitrogens with one attached hydrogen (secondary N) is 3. The fourth-order valence-corrected chi connectivity index (χ4v) is 3.73. The molecule has 122 valence electrons. The number of rotatable bonds is 1. The van der Waals surface area contributed by atoms with Gasteiger partial charge in [-0.15, -0.1) is 0 Å². The number of benzene rings is 1. The summed E-state index contributed by atoms with van der Waals surface area (Å²) in [6.45, 7) is 2.06. The maximum Gasteiger partial charge on any atom is 0.270 e. The van der Waals surface area contributed by atoms with Crippen LogP contribution in [0.4, 0.5) is 5.69 Å². The van der Waals surface area contributed by atoms with E-state index >= 15 is 0 Å². The van der Waals surface area contributed by atoms with Crippen molar-refractivity contribution < 1.29 is 4.74 Å². The average Bonchev–Trinajstić information content (AvgIpc) is 2.95. The fourth-order valence-electron chi connectivity index (χ4n) is 3.73. The van der Waals surface area contributed by atoms with Crippen molar-refractivity contribution >= 4 is 5.69 Å². The van der Waals surface area contributed by atoms with E-state index in [1.54, 1.807) is 0 Å². The average molecular weight is 323 g/mol. The van der Waals surface area contributed by atoms with Crippen molar-refractivity contribution in [1.82, 2.24) is 15.8 Å². The van der Waals surface area contributed by atoms with Crippen LogP contribution in [0, 0.1) is 17.2 Å². The Morgan fingerprint density at radius 1 is 1.25 bits per heavy atom. The Hall–Kier alpha value is -2.82. The summed E-state index contributed by atoms with van der Waals surface area (Å²) >= 11 is 0. The SMILES string of the molecule is CC1NNC2Oc3[nH]c(=O)c(C#N)c(N)c3C(c3ccccc3)C12. The summed E-state index contributed by atoms with van der Waals surface area (Å²) in [6, 6.07) is 12.0. The Bertz CT molecular complexity index is 886. The van der Waals surface area contributed by atoms with Crippen molar-refractivity contribution in [3.05, 3.63) is 57.4 Å². The minimum atomic E-state index is -0.530. The van der Waals surface area contributed by atoms with E-state index in [0.717, 1.165) is 5.56 Å². The second-order valence-corrected chi connectivity index (χ2v) is 6.18. The molecule has 2 aromatic rings. The molecule has 0 aliphatic carbocycles. The standard InChI is InChI=1S/C17H17N5O2/c1-8-11-12(9-5-3-2-4-6-9)13-14(19)10(7-18)15(23)20-16(13)24-17(11)22-21-8/h2-6,8,11-12,17,21-22H,1H3,(H3,19,20,23). The number of hydrazine groups is 1. The van der Waals surface area contributed by atoms with Crippen LogP contribution in [0.5, 0.6) is 5.88 Å². The molecule has 0 saturated carbocycles. The minimum absolute atomic E-state index is 0.0664. The first-order chi connectivity index (χ1) is 11.6. The quantitative estimate of drug-likeness (QED) is 0.617. The lowest BCUT2D eigenvalue weighted by atomic mass is 9.75. The van der Waals surface area contributed by atoms with E-state index in [2.05, 4.69) is 22.8 Å². The Kier molecular flexibility index (Phi) is 3.30. The molecule has 5 N–H and O–H groups in total. The molecule has 3 heterocycles. The predicted octanol–water partition coefficient (Wildman–Crippen LogP) is 0.792. The Morgan fingerprint density at radius 2 is 2.00 bits per heavy atom. The molecule has 1 fully saturated rings. The number of aromatic nitrogens is 1. The van der Waals surface area contributed by atoms with Gasteiger partial charge < -0.3 is 10.5 Å². The third-order valence-corrected chi connectivity index (χ3v) is 4.85. The lowest BCUT2D eigenvalue weighted by Gasteiger charge is -2.37.